The number of hydrogen-bond donors (Lipinski definition) is 4. The van der Waals surface area contributed by atoms with Crippen LogP contribution >= 0.6 is 0 Å². The molecule has 356 valence electrons. The van der Waals surface area contributed by atoms with E-state index < -0.39 is 119 Å². The van der Waals surface area contributed by atoms with Gasteiger partial charge >= 0.3 is 29.8 Å². The molecule has 11 atom stereocenters. The van der Waals surface area contributed by atoms with Crippen molar-refractivity contribution in [1.82, 2.24) is 10.6 Å². The van der Waals surface area contributed by atoms with E-state index in [2.05, 4.69) is 10.6 Å². The van der Waals surface area contributed by atoms with E-state index >= 15 is 9.59 Å². The molecule has 4 aliphatic rings. The van der Waals surface area contributed by atoms with Gasteiger partial charge in [0.15, 0.2) is 17.5 Å². The molecule has 1 saturated heterocycles. The summed E-state index contributed by atoms with van der Waals surface area (Å²) in [5.41, 5.74) is -7.27. The number of fused-ring (bicyclic) bond motifs is 5. The lowest BCUT2D eigenvalue weighted by atomic mass is 9.44. The highest BCUT2D eigenvalue weighted by atomic mass is 16.6. The second-order valence-corrected chi connectivity index (χ2v) is 18.3. The molecule has 67 heavy (non-hydrogen) atoms. The van der Waals surface area contributed by atoms with Gasteiger partial charge in [-0.1, -0.05) is 80.6 Å². The van der Waals surface area contributed by atoms with E-state index in [9.17, 15) is 34.2 Å². The summed E-state index contributed by atoms with van der Waals surface area (Å²) in [6.45, 7) is 7.57. The maximum atomic E-state index is 15.6. The van der Waals surface area contributed by atoms with Crippen molar-refractivity contribution in [1.29, 1.82) is 0 Å². The SMILES string of the molecule is CNCC(=O)O[C@@H](C(=O)OC1C[C@@]2(O)[C@@H](OC(=O)c3ccccc3)[C@@H]3[C@]4(OC(C)=O)CO[C@@H]4C[C@H](O)[C@@]3(C)C(=O)[C@H](OC(C)=O)C(=C1C)C2(C)C)[C@@H](NC(=O)c1ccccc1)c1ccccc1. The normalized spacial score (nSPS) is 30.3. The van der Waals surface area contributed by atoms with Gasteiger partial charge in [-0.15, -0.1) is 0 Å². The number of likely N-dealkylation sites (N-methyl/N-ethyl adjacent to an activating group) is 1. The number of carbonyl (C=O) groups excluding carboxylic acids is 7. The van der Waals surface area contributed by atoms with Crippen LogP contribution in [0.4, 0.5) is 0 Å². The Morgan fingerprint density at radius 2 is 1.43 bits per heavy atom. The predicted molar refractivity (Wildman–Crippen MR) is 235 cm³/mol. The molecule has 0 spiro atoms. The smallest absolute Gasteiger partial charge is 0.350 e. The minimum Gasteiger partial charge on any atom is -0.455 e. The van der Waals surface area contributed by atoms with Gasteiger partial charge in [0.2, 0.25) is 6.10 Å². The Morgan fingerprint density at radius 1 is 0.836 bits per heavy atom. The van der Waals surface area contributed by atoms with E-state index in [1.54, 1.807) is 92.7 Å². The number of Topliss-reactive ketones (excluding diaryl/α,β-unsaturated/α-hetero) is 1. The van der Waals surface area contributed by atoms with Gasteiger partial charge in [0, 0.05) is 37.7 Å². The van der Waals surface area contributed by atoms with E-state index in [1.807, 2.05) is 0 Å². The lowest BCUT2D eigenvalue weighted by molar-refractivity contribution is -0.346. The number of aliphatic hydroxyl groups is 2. The summed E-state index contributed by atoms with van der Waals surface area (Å²) in [5, 5.41) is 31.5. The molecular formula is C50H56N2O15. The molecule has 1 heterocycles. The zero-order chi connectivity index (χ0) is 48.6. The molecule has 17 nitrogen and oxygen atoms in total. The molecule has 3 aromatic rings. The van der Waals surface area contributed by atoms with E-state index in [0.717, 1.165) is 13.8 Å². The van der Waals surface area contributed by atoms with Crippen molar-refractivity contribution in [3.8, 4) is 0 Å². The van der Waals surface area contributed by atoms with Crippen LogP contribution in [0.15, 0.2) is 102 Å². The van der Waals surface area contributed by atoms with E-state index in [-0.39, 0.29) is 41.8 Å². The van der Waals surface area contributed by atoms with Crippen LogP contribution in [0.25, 0.3) is 0 Å². The van der Waals surface area contributed by atoms with Gasteiger partial charge in [-0.2, -0.15) is 0 Å². The van der Waals surface area contributed by atoms with Gasteiger partial charge in [0.05, 0.1) is 36.2 Å². The summed E-state index contributed by atoms with van der Waals surface area (Å²) in [7, 11) is 1.49. The second-order valence-electron chi connectivity index (χ2n) is 18.3. The number of aliphatic hydroxyl groups excluding tert-OH is 1. The maximum Gasteiger partial charge on any atom is 0.350 e. The number of ether oxygens (including phenoxy) is 6. The Kier molecular flexibility index (Phi) is 13.6. The molecule has 3 fully saturated rings. The molecule has 1 unspecified atom stereocenters. The molecule has 0 aromatic heterocycles. The molecule has 1 aliphatic heterocycles. The number of carbonyl (C=O) groups is 7. The lowest BCUT2D eigenvalue weighted by Crippen LogP contribution is -2.82. The fraction of sp³-hybridized carbons (Fsp3) is 0.460. The van der Waals surface area contributed by atoms with Crippen LogP contribution in [0.2, 0.25) is 0 Å². The molecule has 2 bridgehead atoms. The highest BCUT2D eigenvalue weighted by molar-refractivity contribution is 5.96. The number of rotatable bonds is 13. The molecular weight excluding hydrogens is 869 g/mol. The van der Waals surface area contributed by atoms with Crippen molar-refractivity contribution in [3.63, 3.8) is 0 Å². The molecule has 7 rings (SSSR count). The third-order valence-corrected chi connectivity index (χ3v) is 14.0. The summed E-state index contributed by atoms with van der Waals surface area (Å²) in [6, 6.07) is 22.9. The van der Waals surface area contributed by atoms with Crippen molar-refractivity contribution in [2.75, 3.05) is 20.2 Å². The van der Waals surface area contributed by atoms with Gasteiger partial charge in [0.1, 0.15) is 30.0 Å². The Labute approximate surface area is 387 Å². The first kappa shape index (κ1) is 48.7. The quantitative estimate of drug-likeness (QED) is 0.109. The minimum absolute atomic E-state index is 0.0267. The zero-order valence-electron chi connectivity index (χ0n) is 38.3. The molecule has 0 radical (unpaired) electrons. The van der Waals surface area contributed by atoms with Crippen molar-refractivity contribution < 1.29 is 72.2 Å². The van der Waals surface area contributed by atoms with E-state index in [0.29, 0.717) is 5.56 Å². The first-order valence-corrected chi connectivity index (χ1v) is 22.1. The molecule has 4 N–H and O–H groups in total. The van der Waals surface area contributed by atoms with Crippen LogP contribution < -0.4 is 10.6 Å². The predicted octanol–water partition coefficient (Wildman–Crippen LogP) is 3.51. The van der Waals surface area contributed by atoms with Gasteiger partial charge in [0.25, 0.3) is 5.91 Å². The Bertz CT molecular complexity index is 2440. The molecule has 3 aliphatic carbocycles. The standard InChI is InChI=1S/C50H56N2O15/c1-27-33(64-46(60)40(65-36(56)25-51-7)38(30-17-11-8-12-18-30)52-44(58)31-19-13-9-14-20-31)24-50(61)43(66-45(59)32-21-15-10-16-22-32)41-48(6,34(55)23-35-49(41,26-62-35)67-29(3)54)42(57)39(63-28(2)53)37(27)47(50,4)5/h8-22,33-35,38-41,43,51,55,61H,23-26H2,1-7H3,(H,52,58)/t33?,34-,35+,38-,39+,40+,41-,43-,48+,49-,50+/m0/s1. The van der Waals surface area contributed by atoms with Crippen molar-refractivity contribution in [2.24, 2.45) is 16.7 Å². The second kappa shape index (κ2) is 18.8. The van der Waals surface area contributed by atoms with Crippen LogP contribution in [-0.4, -0.2) is 120 Å². The number of amides is 1. The van der Waals surface area contributed by atoms with Gasteiger partial charge < -0.3 is 49.3 Å². The average Bonchev–Trinajstić information content (AvgIpc) is 3.29. The van der Waals surface area contributed by atoms with Crippen LogP contribution in [-0.2, 0) is 52.4 Å². The largest absolute Gasteiger partial charge is 0.455 e. The van der Waals surface area contributed by atoms with Crippen LogP contribution in [0.5, 0.6) is 0 Å². The summed E-state index contributed by atoms with van der Waals surface area (Å²) in [5.74, 6) is -7.81. The van der Waals surface area contributed by atoms with Crippen LogP contribution in [0.3, 0.4) is 0 Å². The fourth-order valence-corrected chi connectivity index (χ4v) is 10.6. The first-order valence-electron chi connectivity index (χ1n) is 22.1. The molecule has 1 amide bonds. The first-order chi connectivity index (χ1) is 31.7. The van der Waals surface area contributed by atoms with Crippen molar-refractivity contribution in [3.05, 3.63) is 119 Å². The maximum absolute atomic E-state index is 15.6. The number of nitrogens with one attached hydrogen (secondary N) is 2. The van der Waals surface area contributed by atoms with E-state index in [4.69, 9.17) is 28.4 Å². The summed E-state index contributed by atoms with van der Waals surface area (Å²) < 4.78 is 36.5. The minimum atomic E-state index is -2.44. The highest BCUT2D eigenvalue weighted by Gasteiger charge is 2.78. The van der Waals surface area contributed by atoms with E-state index in [1.165, 1.54) is 33.0 Å². The van der Waals surface area contributed by atoms with Crippen LogP contribution in [0, 0.1) is 16.7 Å². The van der Waals surface area contributed by atoms with Gasteiger partial charge in [-0.05, 0) is 61.9 Å². The number of esters is 5. The fourth-order valence-electron chi connectivity index (χ4n) is 10.6. The lowest BCUT2D eigenvalue weighted by Gasteiger charge is -2.67. The molecule has 2 saturated carbocycles. The Hall–Kier alpha value is -6.27. The third-order valence-electron chi connectivity index (χ3n) is 14.0. The molecule has 17 heteroatoms. The van der Waals surface area contributed by atoms with Gasteiger partial charge in [-0.25, -0.2) is 9.59 Å². The Balaban J connectivity index is 1.42. The number of hydrogen-bond acceptors (Lipinski definition) is 16. The molecule has 3 aromatic carbocycles. The van der Waals surface area contributed by atoms with Gasteiger partial charge in [-0.3, -0.25) is 24.0 Å². The summed E-state index contributed by atoms with van der Waals surface area (Å²) >= 11 is 0. The topological polar surface area (TPSA) is 239 Å². The number of ketones is 1. The van der Waals surface area contributed by atoms with Crippen molar-refractivity contribution in [2.45, 2.75) is 108 Å². The summed E-state index contributed by atoms with van der Waals surface area (Å²) in [6.07, 6.45) is -10.6. The van der Waals surface area contributed by atoms with Crippen molar-refractivity contribution >= 4 is 41.5 Å². The summed E-state index contributed by atoms with van der Waals surface area (Å²) in [4.78, 5) is 98.4. The number of benzene rings is 3. The highest BCUT2D eigenvalue weighted by Crippen LogP contribution is 2.64. The average molecular weight is 925 g/mol. The Morgan fingerprint density at radius 3 is 1.99 bits per heavy atom. The van der Waals surface area contributed by atoms with Crippen LogP contribution in [0.1, 0.15) is 86.7 Å². The zero-order valence-corrected chi connectivity index (χ0v) is 38.3. The third kappa shape index (κ3) is 8.65. The monoisotopic (exact) mass is 924 g/mol.